The van der Waals surface area contributed by atoms with Crippen molar-refractivity contribution in [3.63, 3.8) is 0 Å². The Balaban J connectivity index is 1.86. The number of carbonyl (C=O) groups excluding carboxylic acids is 2. The number of likely N-dealkylation sites (tertiary alicyclic amines) is 1. The van der Waals surface area contributed by atoms with Crippen molar-refractivity contribution >= 4 is 23.6 Å². The summed E-state index contributed by atoms with van der Waals surface area (Å²) in [5, 5.41) is 0.970. The highest BCUT2D eigenvalue weighted by molar-refractivity contribution is 7.99. The molecule has 0 unspecified atom stereocenters. The van der Waals surface area contributed by atoms with Gasteiger partial charge in [0.1, 0.15) is 10.7 Å². The number of pyridine rings is 1. The molecular weight excluding hydrogens is 308 g/mol. The van der Waals surface area contributed by atoms with Crippen LogP contribution in [-0.4, -0.2) is 33.0 Å². The van der Waals surface area contributed by atoms with Crippen LogP contribution >= 0.6 is 11.8 Å². The van der Waals surface area contributed by atoms with Crippen LogP contribution in [-0.2, 0) is 4.79 Å². The van der Waals surface area contributed by atoms with E-state index in [9.17, 15) is 9.59 Å². The van der Waals surface area contributed by atoms with E-state index in [1.54, 1.807) is 17.8 Å². The van der Waals surface area contributed by atoms with Gasteiger partial charge >= 0.3 is 0 Å². The van der Waals surface area contributed by atoms with Crippen molar-refractivity contribution in [2.24, 2.45) is 5.92 Å². The molecule has 1 saturated carbocycles. The first-order chi connectivity index (χ1) is 10.8. The first kappa shape index (κ1) is 16.5. The van der Waals surface area contributed by atoms with Crippen molar-refractivity contribution in [1.29, 1.82) is 0 Å². The Morgan fingerprint density at radius 3 is 2.61 bits per heavy atom. The van der Waals surface area contributed by atoms with Crippen molar-refractivity contribution < 1.29 is 9.59 Å². The molecule has 23 heavy (non-hydrogen) atoms. The molecule has 0 spiro atoms. The van der Waals surface area contributed by atoms with Gasteiger partial charge in [0.15, 0.2) is 0 Å². The summed E-state index contributed by atoms with van der Waals surface area (Å²) in [4.78, 5) is 30.5. The van der Waals surface area contributed by atoms with Crippen molar-refractivity contribution in [2.75, 3.05) is 5.75 Å². The summed E-state index contributed by atoms with van der Waals surface area (Å²) in [5.74, 6) is 1.79. The molecule has 0 bridgehead atoms. The zero-order chi connectivity index (χ0) is 16.8. The average molecular weight is 332 g/mol. The highest BCUT2D eigenvalue weighted by Crippen LogP contribution is 2.44. The Kier molecular flexibility index (Phi) is 4.25. The van der Waals surface area contributed by atoms with Gasteiger partial charge in [0.05, 0.1) is 12.0 Å². The van der Waals surface area contributed by atoms with Crippen LogP contribution in [0.25, 0.3) is 0 Å². The van der Waals surface area contributed by atoms with Crippen LogP contribution < -0.4 is 0 Å². The molecule has 2 amide bonds. The largest absolute Gasteiger partial charge is 0.279 e. The maximum absolute atomic E-state index is 12.7. The summed E-state index contributed by atoms with van der Waals surface area (Å²) in [6.07, 6.45) is 2.84. The molecule has 1 aromatic heterocycles. The summed E-state index contributed by atoms with van der Waals surface area (Å²) < 4.78 is 0. The smallest absolute Gasteiger partial charge is 0.274 e. The molecule has 3 rings (SSSR count). The molecule has 1 aliphatic heterocycles. The number of carbonyl (C=O) groups is 2. The Morgan fingerprint density at radius 2 is 2.09 bits per heavy atom. The van der Waals surface area contributed by atoms with E-state index in [4.69, 9.17) is 0 Å². The summed E-state index contributed by atoms with van der Waals surface area (Å²) in [5.41, 5.74) is 1.26. The van der Waals surface area contributed by atoms with Crippen LogP contribution in [0.4, 0.5) is 0 Å². The minimum absolute atomic E-state index is 0.107. The predicted molar refractivity (Wildman–Crippen MR) is 91.6 cm³/mol. The molecule has 0 N–H and O–H groups in total. The average Bonchev–Trinajstić information content (AvgIpc) is 3.28. The van der Waals surface area contributed by atoms with Crippen LogP contribution in [0.1, 0.15) is 68.9 Å². The zero-order valence-electron chi connectivity index (χ0n) is 14.3. The zero-order valence-corrected chi connectivity index (χ0v) is 15.1. The van der Waals surface area contributed by atoms with Crippen LogP contribution in [0.3, 0.4) is 0 Å². The lowest BCUT2D eigenvalue weighted by Gasteiger charge is -2.45. The van der Waals surface area contributed by atoms with E-state index in [2.05, 4.69) is 18.8 Å². The normalized spacial score (nSPS) is 19.9. The lowest BCUT2D eigenvalue weighted by Crippen LogP contribution is -2.62. The Morgan fingerprint density at radius 1 is 1.39 bits per heavy atom. The topological polar surface area (TPSA) is 50.3 Å². The van der Waals surface area contributed by atoms with Crippen LogP contribution in [0.2, 0.25) is 0 Å². The van der Waals surface area contributed by atoms with Gasteiger partial charge in [-0.05, 0) is 50.2 Å². The third kappa shape index (κ3) is 3.30. The van der Waals surface area contributed by atoms with Gasteiger partial charge in [0.25, 0.3) is 5.91 Å². The van der Waals surface area contributed by atoms with E-state index in [1.807, 2.05) is 19.9 Å². The number of β-lactam (4-membered cyclic amide) rings is 1. The first-order valence-corrected chi connectivity index (χ1v) is 9.29. The molecule has 1 aliphatic carbocycles. The Bertz CT molecular complexity index is 650. The van der Waals surface area contributed by atoms with Crippen molar-refractivity contribution in [2.45, 2.75) is 63.4 Å². The number of thioether (sulfide) groups is 1. The number of amides is 2. The highest BCUT2D eigenvalue weighted by atomic mass is 32.2. The minimum atomic E-state index is -0.393. The van der Waals surface area contributed by atoms with Gasteiger partial charge in [-0.1, -0.05) is 19.9 Å². The molecule has 1 saturated heterocycles. The lowest BCUT2D eigenvalue weighted by molar-refractivity contribution is -0.147. The van der Waals surface area contributed by atoms with Crippen molar-refractivity contribution in [3.05, 3.63) is 23.4 Å². The van der Waals surface area contributed by atoms with E-state index in [-0.39, 0.29) is 11.8 Å². The first-order valence-electron chi connectivity index (χ1n) is 8.30. The standard InChI is InChI=1S/C18H24N2O2S/c1-11(2)10-23-16-13(12-5-6-12)7-8-14(19-16)17(22)20-15(21)9-18(20,3)4/h7-8,11-12H,5-6,9-10H2,1-4H3. The lowest BCUT2D eigenvalue weighted by atomic mass is 9.87. The number of nitrogens with zero attached hydrogens (tertiary/aromatic N) is 2. The number of aromatic nitrogens is 1. The van der Waals surface area contributed by atoms with E-state index in [1.165, 1.54) is 23.3 Å². The second-order valence-corrected chi connectivity index (χ2v) is 8.60. The fraction of sp³-hybridized carbons (Fsp3) is 0.611. The summed E-state index contributed by atoms with van der Waals surface area (Å²) in [6.45, 7) is 8.19. The van der Waals surface area contributed by atoms with Gasteiger partial charge < -0.3 is 0 Å². The summed E-state index contributed by atoms with van der Waals surface area (Å²) in [6, 6.07) is 3.83. The number of hydrogen-bond acceptors (Lipinski definition) is 4. The van der Waals surface area contributed by atoms with E-state index in [0.717, 1.165) is 10.8 Å². The molecule has 124 valence electrons. The molecule has 0 aromatic carbocycles. The van der Waals surface area contributed by atoms with E-state index >= 15 is 0 Å². The molecule has 2 heterocycles. The van der Waals surface area contributed by atoms with Gasteiger partial charge in [-0.15, -0.1) is 11.8 Å². The van der Waals surface area contributed by atoms with Crippen LogP contribution in [0.5, 0.6) is 0 Å². The van der Waals surface area contributed by atoms with Gasteiger partial charge in [-0.2, -0.15) is 0 Å². The quantitative estimate of drug-likeness (QED) is 0.467. The molecule has 0 atom stereocenters. The number of rotatable bonds is 5. The predicted octanol–water partition coefficient (Wildman–Crippen LogP) is 3.86. The number of imide groups is 1. The van der Waals surface area contributed by atoms with E-state index < -0.39 is 5.54 Å². The summed E-state index contributed by atoms with van der Waals surface area (Å²) in [7, 11) is 0. The van der Waals surface area contributed by atoms with Crippen molar-refractivity contribution in [3.8, 4) is 0 Å². The Hall–Kier alpha value is -1.36. The van der Waals surface area contributed by atoms with E-state index in [0.29, 0.717) is 24.0 Å². The molecule has 2 fully saturated rings. The third-order valence-electron chi connectivity index (χ3n) is 4.32. The van der Waals surface area contributed by atoms with Gasteiger partial charge in [-0.25, -0.2) is 4.98 Å². The van der Waals surface area contributed by atoms with Gasteiger partial charge in [0.2, 0.25) is 5.91 Å². The maximum Gasteiger partial charge on any atom is 0.279 e. The van der Waals surface area contributed by atoms with Gasteiger partial charge in [-0.3, -0.25) is 14.5 Å². The van der Waals surface area contributed by atoms with Crippen LogP contribution in [0, 0.1) is 5.92 Å². The molecule has 2 aliphatic rings. The maximum atomic E-state index is 12.7. The third-order valence-corrected chi connectivity index (χ3v) is 5.75. The highest BCUT2D eigenvalue weighted by Gasteiger charge is 2.48. The molecule has 5 heteroatoms. The molecular formula is C18H24N2O2S. The minimum Gasteiger partial charge on any atom is -0.274 e. The monoisotopic (exact) mass is 332 g/mol. The SMILES string of the molecule is CC(C)CSc1nc(C(=O)N2C(=O)CC2(C)C)ccc1C1CC1. The fourth-order valence-corrected chi connectivity index (χ4v) is 3.97. The second-order valence-electron chi connectivity index (χ2n) is 7.59. The molecule has 1 aromatic rings. The van der Waals surface area contributed by atoms with Crippen molar-refractivity contribution in [1.82, 2.24) is 9.88 Å². The molecule has 4 nitrogen and oxygen atoms in total. The van der Waals surface area contributed by atoms with Gasteiger partial charge in [0, 0.05) is 5.75 Å². The fourth-order valence-electron chi connectivity index (χ4n) is 2.91. The Labute approximate surface area is 142 Å². The second kappa shape index (κ2) is 5.93. The van der Waals surface area contributed by atoms with Crippen LogP contribution in [0.15, 0.2) is 17.2 Å². The number of hydrogen-bond donors (Lipinski definition) is 0. The summed E-state index contributed by atoms with van der Waals surface area (Å²) >= 11 is 1.73. The molecule has 0 radical (unpaired) electrons.